The quantitative estimate of drug-likeness (QED) is 0.554. The number of ether oxygens (including phenoxy) is 1. The topological polar surface area (TPSA) is 72.3 Å². The second-order valence-electron chi connectivity index (χ2n) is 6.39. The summed E-state index contributed by atoms with van der Waals surface area (Å²) >= 11 is 1.39. The molecule has 3 rings (SSSR count). The minimum Gasteiger partial charge on any atom is -0.379 e. The SMILES string of the molecule is C=CCn1c(CN2CCOCC2)nnc1SCC(=O)Nc1cccc(C)c1. The lowest BCUT2D eigenvalue weighted by molar-refractivity contribution is -0.113. The molecule has 1 aliphatic heterocycles. The first-order valence-electron chi connectivity index (χ1n) is 8.98. The summed E-state index contributed by atoms with van der Waals surface area (Å²) in [7, 11) is 0. The fraction of sp³-hybridized carbons (Fsp3) is 0.421. The predicted octanol–water partition coefficient (Wildman–Crippen LogP) is 2.34. The average molecular weight is 388 g/mol. The molecule has 0 bridgehead atoms. The van der Waals surface area contributed by atoms with Crippen molar-refractivity contribution in [2.75, 3.05) is 37.4 Å². The third-order valence-electron chi connectivity index (χ3n) is 4.21. The number of hydrogen-bond donors (Lipinski definition) is 1. The van der Waals surface area contributed by atoms with E-state index in [1.165, 1.54) is 11.8 Å². The molecule has 144 valence electrons. The summed E-state index contributed by atoms with van der Waals surface area (Å²) in [5, 5.41) is 12.3. The molecular weight excluding hydrogens is 362 g/mol. The van der Waals surface area contributed by atoms with E-state index in [9.17, 15) is 4.79 Å². The standard InChI is InChI=1S/C19H25N5O2S/c1-3-7-24-17(13-23-8-10-26-11-9-23)21-22-19(24)27-14-18(25)20-16-6-4-5-15(2)12-16/h3-6,12H,1,7-11,13-14H2,2H3,(H,20,25). The zero-order valence-electron chi connectivity index (χ0n) is 15.6. The maximum absolute atomic E-state index is 12.3. The van der Waals surface area contributed by atoms with Crippen molar-refractivity contribution in [1.29, 1.82) is 0 Å². The molecule has 27 heavy (non-hydrogen) atoms. The molecule has 1 saturated heterocycles. The Bertz CT molecular complexity index is 786. The van der Waals surface area contributed by atoms with Crippen LogP contribution in [0, 0.1) is 6.92 Å². The predicted molar refractivity (Wildman–Crippen MR) is 107 cm³/mol. The van der Waals surface area contributed by atoms with Gasteiger partial charge in [0.15, 0.2) is 5.16 Å². The van der Waals surface area contributed by atoms with Crippen LogP contribution in [0.25, 0.3) is 0 Å². The van der Waals surface area contributed by atoms with Crippen molar-refractivity contribution < 1.29 is 9.53 Å². The monoisotopic (exact) mass is 387 g/mol. The number of rotatable bonds is 8. The fourth-order valence-corrected chi connectivity index (χ4v) is 3.63. The van der Waals surface area contributed by atoms with Crippen molar-refractivity contribution in [3.63, 3.8) is 0 Å². The number of thioether (sulfide) groups is 1. The molecule has 1 aromatic carbocycles. The van der Waals surface area contributed by atoms with E-state index in [4.69, 9.17) is 4.74 Å². The lowest BCUT2D eigenvalue weighted by atomic mass is 10.2. The van der Waals surface area contributed by atoms with Gasteiger partial charge in [0.05, 0.1) is 25.5 Å². The fourth-order valence-electron chi connectivity index (χ4n) is 2.86. The zero-order valence-corrected chi connectivity index (χ0v) is 16.4. The third-order valence-corrected chi connectivity index (χ3v) is 5.17. The molecule has 8 heteroatoms. The van der Waals surface area contributed by atoms with Crippen molar-refractivity contribution in [3.8, 4) is 0 Å². The number of allylic oxidation sites excluding steroid dienone is 1. The van der Waals surface area contributed by atoms with Crippen LogP contribution in [-0.2, 0) is 22.6 Å². The summed E-state index contributed by atoms with van der Waals surface area (Å²) in [6, 6.07) is 7.76. The Morgan fingerprint density at radius 2 is 2.19 bits per heavy atom. The maximum atomic E-state index is 12.3. The Balaban J connectivity index is 1.60. The number of aryl methyl sites for hydroxylation is 1. The van der Waals surface area contributed by atoms with Crippen LogP contribution in [-0.4, -0.2) is 57.6 Å². The number of anilines is 1. The molecule has 7 nitrogen and oxygen atoms in total. The molecular formula is C19H25N5O2S. The van der Waals surface area contributed by atoms with Gasteiger partial charge in [0, 0.05) is 25.3 Å². The van der Waals surface area contributed by atoms with Crippen LogP contribution in [0.3, 0.4) is 0 Å². The van der Waals surface area contributed by atoms with Gasteiger partial charge in [-0.3, -0.25) is 9.69 Å². The van der Waals surface area contributed by atoms with Gasteiger partial charge in [0.1, 0.15) is 5.82 Å². The molecule has 0 saturated carbocycles. The Morgan fingerprint density at radius 3 is 2.93 bits per heavy atom. The molecule has 2 aromatic rings. The van der Waals surface area contributed by atoms with Crippen molar-refractivity contribution in [2.45, 2.75) is 25.2 Å². The van der Waals surface area contributed by atoms with Gasteiger partial charge in [-0.25, -0.2) is 0 Å². The number of morpholine rings is 1. The molecule has 0 radical (unpaired) electrons. The number of nitrogens with one attached hydrogen (secondary N) is 1. The van der Waals surface area contributed by atoms with Gasteiger partial charge < -0.3 is 14.6 Å². The summed E-state index contributed by atoms with van der Waals surface area (Å²) < 4.78 is 7.41. The smallest absolute Gasteiger partial charge is 0.234 e. The van der Waals surface area contributed by atoms with E-state index in [0.717, 1.165) is 55.1 Å². The Kier molecular flexibility index (Phi) is 7.03. The molecule has 1 aromatic heterocycles. The van der Waals surface area contributed by atoms with E-state index in [2.05, 4.69) is 27.0 Å². The van der Waals surface area contributed by atoms with Crippen LogP contribution in [0.4, 0.5) is 5.69 Å². The van der Waals surface area contributed by atoms with E-state index < -0.39 is 0 Å². The highest BCUT2D eigenvalue weighted by atomic mass is 32.2. The summed E-state index contributed by atoms with van der Waals surface area (Å²) in [6.45, 7) is 10.4. The van der Waals surface area contributed by atoms with Gasteiger partial charge in [-0.1, -0.05) is 30.0 Å². The largest absolute Gasteiger partial charge is 0.379 e. The number of amides is 1. The molecule has 0 spiro atoms. The summed E-state index contributed by atoms with van der Waals surface area (Å²) in [5.41, 5.74) is 1.92. The molecule has 1 amide bonds. The summed E-state index contributed by atoms with van der Waals surface area (Å²) in [6.07, 6.45) is 1.82. The van der Waals surface area contributed by atoms with E-state index in [-0.39, 0.29) is 11.7 Å². The number of hydrogen-bond acceptors (Lipinski definition) is 6. The molecule has 1 N–H and O–H groups in total. The minimum atomic E-state index is -0.0616. The number of aromatic nitrogens is 3. The Labute approximate surface area is 163 Å². The second kappa shape index (κ2) is 9.68. The van der Waals surface area contributed by atoms with E-state index in [0.29, 0.717) is 6.54 Å². The van der Waals surface area contributed by atoms with Crippen molar-refractivity contribution >= 4 is 23.4 Å². The third kappa shape index (κ3) is 5.66. The first-order chi connectivity index (χ1) is 13.2. The van der Waals surface area contributed by atoms with Crippen molar-refractivity contribution in [2.24, 2.45) is 0 Å². The van der Waals surface area contributed by atoms with Crippen LogP contribution in [0.5, 0.6) is 0 Å². The van der Waals surface area contributed by atoms with Gasteiger partial charge in [-0.15, -0.1) is 16.8 Å². The van der Waals surface area contributed by atoms with E-state index in [1.807, 2.05) is 41.8 Å². The molecule has 0 aliphatic carbocycles. The van der Waals surface area contributed by atoms with Gasteiger partial charge in [0.25, 0.3) is 0 Å². The highest BCUT2D eigenvalue weighted by Gasteiger charge is 2.18. The number of carbonyl (C=O) groups is 1. The lowest BCUT2D eigenvalue weighted by Crippen LogP contribution is -2.36. The van der Waals surface area contributed by atoms with Crippen LogP contribution in [0.2, 0.25) is 0 Å². The van der Waals surface area contributed by atoms with Crippen LogP contribution < -0.4 is 5.32 Å². The Morgan fingerprint density at radius 1 is 1.37 bits per heavy atom. The van der Waals surface area contributed by atoms with E-state index in [1.54, 1.807) is 0 Å². The lowest BCUT2D eigenvalue weighted by Gasteiger charge is -2.26. The number of nitrogens with zero attached hydrogens (tertiary/aromatic N) is 4. The highest BCUT2D eigenvalue weighted by Crippen LogP contribution is 2.19. The van der Waals surface area contributed by atoms with Crippen molar-refractivity contribution in [1.82, 2.24) is 19.7 Å². The van der Waals surface area contributed by atoms with Gasteiger partial charge in [-0.05, 0) is 24.6 Å². The first-order valence-corrected chi connectivity index (χ1v) is 9.96. The van der Waals surface area contributed by atoms with Gasteiger partial charge in [0.2, 0.25) is 5.91 Å². The Hall–Kier alpha value is -2.16. The van der Waals surface area contributed by atoms with Crippen molar-refractivity contribution in [3.05, 3.63) is 48.3 Å². The van der Waals surface area contributed by atoms with Gasteiger partial charge in [-0.2, -0.15) is 0 Å². The highest BCUT2D eigenvalue weighted by molar-refractivity contribution is 7.99. The molecule has 0 atom stereocenters. The zero-order chi connectivity index (χ0) is 19.1. The maximum Gasteiger partial charge on any atom is 0.234 e. The summed E-state index contributed by atoms with van der Waals surface area (Å²) in [5.74, 6) is 1.10. The van der Waals surface area contributed by atoms with Crippen LogP contribution >= 0.6 is 11.8 Å². The normalized spacial score (nSPS) is 14.9. The average Bonchev–Trinajstić information content (AvgIpc) is 3.03. The molecule has 2 heterocycles. The van der Waals surface area contributed by atoms with Gasteiger partial charge >= 0.3 is 0 Å². The van der Waals surface area contributed by atoms with Crippen LogP contribution in [0.1, 0.15) is 11.4 Å². The molecule has 1 fully saturated rings. The number of carbonyl (C=O) groups excluding carboxylic acids is 1. The molecule has 1 aliphatic rings. The number of benzene rings is 1. The first kappa shape index (κ1) is 19.6. The second-order valence-corrected chi connectivity index (χ2v) is 7.34. The minimum absolute atomic E-state index is 0.0616. The van der Waals surface area contributed by atoms with E-state index >= 15 is 0 Å². The van der Waals surface area contributed by atoms with Crippen LogP contribution in [0.15, 0.2) is 42.1 Å². The molecule has 0 unspecified atom stereocenters. The summed E-state index contributed by atoms with van der Waals surface area (Å²) in [4.78, 5) is 14.6.